The van der Waals surface area contributed by atoms with Crippen LogP contribution >= 0.6 is 12.4 Å². The molecule has 2 heterocycles. The summed E-state index contributed by atoms with van der Waals surface area (Å²) in [6.45, 7) is 4.12. The fourth-order valence-corrected chi connectivity index (χ4v) is 2.07. The molecular formula is C11H19ClN2O. The van der Waals surface area contributed by atoms with Crippen molar-refractivity contribution in [2.24, 2.45) is 11.7 Å². The number of piperidine rings is 1. The van der Waals surface area contributed by atoms with Gasteiger partial charge in [-0.1, -0.05) is 0 Å². The molecule has 0 aromatic carbocycles. The van der Waals surface area contributed by atoms with Crippen LogP contribution in [0.5, 0.6) is 0 Å². The zero-order chi connectivity index (χ0) is 9.97. The van der Waals surface area contributed by atoms with Crippen molar-refractivity contribution in [3.8, 4) is 0 Å². The predicted molar refractivity (Wildman–Crippen MR) is 63.2 cm³/mol. The van der Waals surface area contributed by atoms with E-state index in [1.807, 2.05) is 19.1 Å². The SMILES string of the molecule is Cc1ccc([C@H](N)C2CCNCC2)o1.Cl. The summed E-state index contributed by atoms with van der Waals surface area (Å²) in [5.41, 5.74) is 6.16. The third-order valence-electron chi connectivity index (χ3n) is 2.98. The van der Waals surface area contributed by atoms with E-state index in [4.69, 9.17) is 10.2 Å². The van der Waals surface area contributed by atoms with E-state index in [0.29, 0.717) is 5.92 Å². The van der Waals surface area contributed by atoms with Gasteiger partial charge in [-0.15, -0.1) is 12.4 Å². The van der Waals surface area contributed by atoms with Crippen LogP contribution in [0.25, 0.3) is 0 Å². The first kappa shape index (κ1) is 12.6. The largest absolute Gasteiger partial charge is 0.465 e. The van der Waals surface area contributed by atoms with Crippen LogP contribution in [0.4, 0.5) is 0 Å². The number of nitrogens with one attached hydrogen (secondary N) is 1. The second-order valence-electron chi connectivity index (χ2n) is 4.06. The van der Waals surface area contributed by atoms with E-state index in [2.05, 4.69) is 5.32 Å². The summed E-state index contributed by atoms with van der Waals surface area (Å²) in [4.78, 5) is 0. The number of aryl methyl sites for hydroxylation is 1. The van der Waals surface area contributed by atoms with Crippen LogP contribution in [0.15, 0.2) is 16.5 Å². The summed E-state index contributed by atoms with van der Waals surface area (Å²) in [6.07, 6.45) is 2.31. The van der Waals surface area contributed by atoms with E-state index in [1.165, 1.54) is 0 Å². The van der Waals surface area contributed by atoms with Gasteiger partial charge in [-0.05, 0) is 50.9 Å². The Hall–Kier alpha value is -0.510. The molecule has 86 valence electrons. The number of nitrogens with two attached hydrogens (primary N) is 1. The Morgan fingerprint density at radius 3 is 2.60 bits per heavy atom. The Kier molecular flexibility index (Phi) is 4.64. The lowest BCUT2D eigenvalue weighted by molar-refractivity contribution is 0.289. The number of furan rings is 1. The van der Waals surface area contributed by atoms with Crippen molar-refractivity contribution in [3.05, 3.63) is 23.7 Å². The zero-order valence-electron chi connectivity index (χ0n) is 9.03. The number of rotatable bonds is 2. The molecule has 15 heavy (non-hydrogen) atoms. The minimum atomic E-state index is 0. The third kappa shape index (κ3) is 2.97. The predicted octanol–water partition coefficient (Wildman–Crippen LogP) is 2.01. The van der Waals surface area contributed by atoms with Crippen molar-refractivity contribution < 1.29 is 4.42 Å². The molecule has 1 aromatic heterocycles. The molecule has 0 saturated carbocycles. The van der Waals surface area contributed by atoms with E-state index in [9.17, 15) is 0 Å². The average molecular weight is 231 g/mol. The molecule has 1 aromatic rings. The van der Waals surface area contributed by atoms with E-state index in [-0.39, 0.29) is 18.4 Å². The van der Waals surface area contributed by atoms with Crippen molar-refractivity contribution in [1.82, 2.24) is 5.32 Å². The second kappa shape index (κ2) is 5.54. The van der Waals surface area contributed by atoms with E-state index >= 15 is 0 Å². The topological polar surface area (TPSA) is 51.2 Å². The molecule has 3 nitrogen and oxygen atoms in total. The van der Waals surface area contributed by atoms with Gasteiger partial charge in [0.1, 0.15) is 11.5 Å². The van der Waals surface area contributed by atoms with Gasteiger partial charge >= 0.3 is 0 Å². The smallest absolute Gasteiger partial charge is 0.121 e. The monoisotopic (exact) mass is 230 g/mol. The van der Waals surface area contributed by atoms with Gasteiger partial charge in [0.25, 0.3) is 0 Å². The molecule has 0 bridgehead atoms. The molecule has 4 heteroatoms. The molecule has 0 spiro atoms. The highest BCUT2D eigenvalue weighted by atomic mass is 35.5. The third-order valence-corrected chi connectivity index (χ3v) is 2.98. The molecule has 1 aliphatic rings. The van der Waals surface area contributed by atoms with Crippen molar-refractivity contribution in [2.75, 3.05) is 13.1 Å². The molecule has 1 atom stereocenters. The van der Waals surface area contributed by atoms with Gasteiger partial charge < -0.3 is 15.5 Å². The molecule has 1 aliphatic heterocycles. The minimum Gasteiger partial charge on any atom is -0.465 e. The summed E-state index contributed by atoms with van der Waals surface area (Å²) in [6, 6.07) is 4.06. The van der Waals surface area contributed by atoms with Gasteiger partial charge in [-0.3, -0.25) is 0 Å². The van der Waals surface area contributed by atoms with Crippen LogP contribution in [-0.2, 0) is 0 Å². The molecular weight excluding hydrogens is 212 g/mol. The molecule has 2 rings (SSSR count). The van der Waals surface area contributed by atoms with Crippen LogP contribution in [0, 0.1) is 12.8 Å². The van der Waals surface area contributed by atoms with Gasteiger partial charge in [0, 0.05) is 0 Å². The zero-order valence-corrected chi connectivity index (χ0v) is 9.85. The lowest BCUT2D eigenvalue weighted by atomic mass is 9.89. The minimum absolute atomic E-state index is 0. The maximum Gasteiger partial charge on any atom is 0.121 e. The van der Waals surface area contributed by atoms with Crippen molar-refractivity contribution in [1.29, 1.82) is 0 Å². The molecule has 1 fully saturated rings. The normalized spacial score (nSPS) is 19.6. The van der Waals surface area contributed by atoms with Crippen LogP contribution in [-0.4, -0.2) is 13.1 Å². The first-order valence-corrected chi connectivity index (χ1v) is 5.30. The lowest BCUT2D eigenvalue weighted by Gasteiger charge is -2.26. The van der Waals surface area contributed by atoms with Crippen LogP contribution in [0.3, 0.4) is 0 Å². The fraction of sp³-hybridized carbons (Fsp3) is 0.636. The Labute approximate surface area is 96.8 Å². The Bertz CT molecular complexity index is 295. The highest BCUT2D eigenvalue weighted by molar-refractivity contribution is 5.85. The van der Waals surface area contributed by atoms with Crippen LogP contribution in [0.1, 0.15) is 30.4 Å². The Balaban J connectivity index is 0.00000112. The number of halogens is 1. The van der Waals surface area contributed by atoms with E-state index in [1.54, 1.807) is 0 Å². The summed E-state index contributed by atoms with van der Waals surface area (Å²) in [5.74, 6) is 2.46. The summed E-state index contributed by atoms with van der Waals surface area (Å²) < 4.78 is 5.55. The van der Waals surface area contributed by atoms with Crippen molar-refractivity contribution >= 4 is 12.4 Å². The summed E-state index contributed by atoms with van der Waals surface area (Å²) >= 11 is 0. The maximum atomic E-state index is 6.16. The van der Waals surface area contributed by atoms with Crippen molar-refractivity contribution in [3.63, 3.8) is 0 Å². The van der Waals surface area contributed by atoms with Crippen LogP contribution in [0.2, 0.25) is 0 Å². The second-order valence-corrected chi connectivity index (χ2v) is 4.06. The van der Waals surface area contributed by atoms with Gasteiger partial charge in [-0.2, -0.15) is 0 Å². The Morgan fingerprint density at radius 2 is 2.07 bits per heavy atom. The Morgan fingerprint density at radius 1 is 1.40 bits per heavy atom. The lowest BCUT2D eigenvalue weighted by Crippen LogP contribution is -2.33. The molecule has 0 unspecified atom stereocenters. The highest BCUT2D eigenvalue weighted by Gasteiger charge is 2.23. The standard InChI is InChI=1S/C11H18N2O.ClH/c1-8-2-3-10(14-8)11(12)9-4-6-13-7-5-9;/h2-3,9,11,13H,4-7,12H2,1H3;1H/t11-;/m1./s1. The van der Waals surface area contributed by atoms with Gasteiger partial charge in [0.05, 0.1) is 6.04 Å². The average Bonchev–Trinajstić information content (AvgIpc) is 2.65. The number of hydrogen-bond acceptors (Lipinski definition) is 3. The molecule has 0 radical (unpaired) electrons. The van der Waals surface area contributed by atoms with Gasteiger partial charge in [0.2, 0.25) is 0 Å². The first-order chi connectivity index (χ1) is 6.77. The number of hydrogen-bond donors (Lipinski definition) is 2. The first-order valence-electron chi connectivity index (χ1n) is 5.30. The van der Waals surface area contributed by atoms with E-state index < -0.39 is 0 Å². The molecule has 3 N–H and O–H groups in total. The summed E-state index contributed by atoms with van der Waals surface area (Å²) in [7, 11) is 0. The molecule has 0 amide bonds. The van der Waals surface area contributed by atoms with Crippen molar-refractivity contribution in [2.45, 2.75) is 25.8 Å². The molecule has 1 saturated heterocycles. The van der Waals surface area contributed by atoms with E-state index in [0.717, 1.165) is 37.5 Å². The van der Waals surface area contributed by atoms with Gasteiger partial charge in [0.15, 0.2) is 0 Å². The fourth-order valence-electron chi connectivity index (χ4n) is 2.07. The van der Waals surface area contributed by atoms with Crippen LogP contribution < -0.4 is 11.1 Å². The van der Waals surface area contributed by atoms with Gasteiger partial charge in [-0.25, -0.2) is 0 Å². The quantitative estimate of drug-likeness (QED) is 0.817. The highest BCUT2D eigenvalue weighted by Crippen LogP contribution is 2.27. The summed E-state index contributed by atoms with van der Waals surface area (Å²) in [5, 5.41) is 3.34. The molecule has 0 aliphatic carbocycles. The maximum absolute atomic E-state index is 6.16.